The molecule has 0 bridgehead atoms. The molecule has 19 heavy (non-hydrogen) atoms. The Balaban J connectivity index is 2.90. The maximum absolute atomic E-state index is 13.2. The molecule has 0 aliphatic rings. The number of carbonyl (C=O) groups excluding carboxylic acids is 2. The van der Waals surface area contributed by atoms with E-state index in [0.717, 1.165) is 6.07 Å². The van der Waals surface area contributed by atoms with Gasteiger partial charge in [0.25, 0.3) is 5.69 Å². The van der Waals surface area contributed by atoms with E-state index in [0.29, 0.717) is 6.07 Å². The maximum atomic E-state index is 13.2. The third-order valence-electron chi connectivity index (χ3n) is 2.17. The lowest BCUT2D eigenvalue weighted by atomic mass is 10.1. The zero-order valence-electron chi connectivity index (χ0n) is 9.60. The molecular formula is C11H9ClFNO5. The highest BCUT2D eigenvalue weighted by atomic mass is 35.5. The monoisotopic (exact) mass is 289 g/mol. The molecule has 0 saturated heterocycles. The fourth-order valence-electron chi connectivity index (χ4n) is 1.36. The Kier molecular flexibility index (Phi) is 5.37. The van der Waals surface area contributed by atoms with Crippen LogP contribution in [0.3, 0.4) is 0 Å². The van der Waals surface area contributed by atoms with Gasteiger partial charge in [-0.1, -0.05) is 0 Å². The van der Waals surface area contributed by atoms with Crippen LogP contribution in [0.5, 0.6) is 5.75 Å². The highest BCUT2D eigenvalue weighted by Gasteiger charge is 2.20. The van der Waals surface area contributed by atoms with E-state index in [1.165, 1.54) is 0 Å². The molecule has 0 amide bonds. The smallest absolute Gasteiger partial charge is 0.286 e. The van der Waals surface area contributed by atoms with E-state index in [9.17, 15) is 24.1 Å². The topological polar surface area (TPSA) is 86.5 Å². The molecule has 0 heterocycles. The van der Waals surface area contributed by atoms with Crippen LogP contribution in [0, 0.1) is 15.9 Å². The van der Waals surface area contributed by atoms with Gasteiger partial charge in [-0.05, 0) is 18.0 Å². The van der Waals surface area contributed by atoms with Crippen molar-refractivity contribution in [2.45, 2.75) is 12.8 Å². The summed E-state index contributed by atoms with van der Waals surface area (Å²) in [5.41, 5.74) is -1.01. The molecule has 0 spiro atoms. The minimum Gasteiger partial charge on any atom is -0.492 e. The van der Waals surface area contributed by atoms with Gasteiger partial charge in [-0.3, -0.25) is 19.7 Å². The van der Waals surface area contributed by atoms with Gasteiger partial charge >= 0.3 is 0 Å². The number of nitrogens with zero attached hydrogens (tertiary/aromatic N) is 1. The molecule has 6 nitrogen and oxygen atoms in total. The first-order valence-electron chi connectivity index (χ1n) is 5.20. The van der Waals surface area contributed by atoms with E-state index in [4.69, 9.17) is 16.3 Å². The molecule has 0 unspecified atom stereocenters. The van der Waals surface area contributed by atoms with Crippen molar-refractivity contribution in [2.24, 2.45) is 0 Å². The van der Waals surface area contributed by atoms with Gasteiger partial charge in [0.05, 0.1) is 17.6 Å². The maximum Gasteiger partial charge on any atom is 0.286 e. The van der Waals surface area contributed by atoms with Gasteiger partial charge < -0.3 is 4.74 Å². The lowest BCUT2D eigenvalue weighted by molar-refractivity contribution is -0.385. The molecule has 0 aliphatic carbocycles. The second kappa shape index (κ2) is 6.79. The van der Waals surface area contributed by atoms with Crippen LogP contribution in [-0.2, 0) is 4.79 Å². The summed E-state index contributed by atoms with van der Waals surface area (Å²) < 4.78 is 18.2. The van der Waals surface area contributed by atoms with Gasteiger partial charge in [-0.25, -0.2) is 4.39 Å². The Morgan fingerprint density at radius 2 is 2.21 bits per heavy atom. The molecular weight excluding hydrogens is 281 g/mol. The highest BCUT2D eigenvalue weighted by molar-refractivity contribution is 6.63. The van der Waals surface area contributed by atoms with Crippen molar-refractivity contribution in [3.63, 3.8) is 0 Å². The number of hydrogen-bond donors (Lipinski definition) is 0. The van der Waals surface area contributed by atoms with E-state index in [-0.39, 0.29) is 37.0 Å². The van der Waals surface area contributed by atoms with Crippen LogP contribution < -0.4 is 4.74 Å². The van der Waals surface area contributed by atoms with E-state index >= 15 is 0 Å². The number of halogens is 2. The number of carbonyl (C=O) groups is 2. The SMILES string of the molecule is O=Cc1c(OCCCC(=O)Cl)cc(F)cc1[N+](=O)[O-]. The molecule has 1 rings (SSSR count). The number of nitro groups is 1. The van der Waals surface area contributed by atoms with Crippen molar-refractivity contribution in [3.05, 3.63) is 33.6 Å². The van der Waals surface area contributed by atoms with Gasteiger partial charge in [0, 0.05) is 12.5 Å². The summed E-state index contributed by atoms with van der Waals surface area (Å²) in [5.74, 6) is -1.12. The summed E-state index contributed by atoms with van der Waals surface area (Å²) >= 11 is 5.11. The average molecular weight is 290 g/mol. The van der Waals surface area contributed by atoms with Crippen molar-refractivity contribution >= 4 is 28.8 Å². The predicted molar refractivity (Wildman–Crippen MR) is 64.0 cm³/mol. The van der Waals surface area contributed by atoms with Crippen molar-refractivity contribution in [3.8, 4) is 5.75 Å². The largest absolute Gasteiger partial charge is 0.492 e. The van der Waals surface area contributed by atoms with E-state index < -0.39 is 21.7 Å². The molecule has 0 atom stereocenters. The van der Waals surface area contributed by atoms with Crippen molar-refractivity contribution in [2.75, 3.05) is 6.61 Å². The summed E-state index contributed by atoms with van der Waals surface area (Å²) in [5, 5.41) is 10.1. The second-order valence-electron chi connectivity index (χ2n) is 3.52. The third-order valence-corrected chi connectivity index (χ3v) is 2.36. The molecule has 0 radical (unpaired) electrons. The molecule has 1 aromatic carbocycles. The van der Waals surface area contributed by atoms with Crippen LogP contribution in [-0.4, -0.2) is 23.1 Å². The molecule has 0 aliphatic heterocycles. The lowest BCUT2D eigenvalue weighted by Crippen LogP contribution is -2.04. The fourth-order valence-corrected chi connectivity index (χ4v) is 1.50. The van der Waals surface area contributed by atoms with Crippen molar-refractivity contribution < 1.29 is 23.6 Å². The normalized spacial score (nSPS) is 10.0. The zero-order chi connectivity index (χ0) is 14.4. The van der Waals surface area contributed by atoms with Gasteiger partial charge in [0.1, 0.15) is 17.1 Å². The molecule has 1 aromatic rings. The Labute approximate surface area is 112 Å². The van der Waals surface area contributed by atoms with Crippen LogP contribution >= 0.6 is 11.6 Å². The number of ether oxygens (including phenoxy) is 1. The quantitative estimate of drug-likeness (QED) is 0.253. The summed E-state index contributed by atoms with van der Waals surface area (Å²) in [7, 11) is 0. The minimum absolute atomic E-state index is 0.0140. The van der Waals surface area contributed by atoms with Crippen LogP contribution in [0.15, 0.2) is 12.1 Å². The minimum atomic E-state index is -0.888. The standard InChI is InChI=1S/C11H9ClFNO5/c12-11(16)2-1-3-19-10-5-7(13)4-9(14(17)18)8(10)6-15/h4-6H,1-3H2. The van der Waals surface area contributed by atoms with Crippen LogP contribution in [0.25, 0.3) is 0 Å². The number of nitro benzene ring substituents is 1. The highest BCUT2D eigenvalue weighted by Crippen LogP contribution is 2.28. The molecule has 102 valence electrons. The first-order chi connectivity index (χ1) is 8.95. The lowest BCUT2D eigenvalue weighted by Gasteiger charge is -2.08. The van der Waals surface area contributed by atoms with Crippen LogP contribution in [0.1, 0.15) is 23.2 Å². The van der Waals surface area contributed by atoms with E-state index in [1.54, 1.807) is 0 Å². The van der Waals surface area contributed by atoms with Gasteiger partial charge in [0.2, 0.25) is 5.24 Å². The number of aldehydes is 1. The molecule has 0 aromatic heterocycles. The third kappa shape index (κ3) is 4.29. The second-order valence-corrected chi connectivity index (χ2v) is 3.94. The molecule has 0 fully saturated rings. The van der Waals surface area contributed by atoms with Gasteiger partial charge in [0.15, 0.2) is 6.29 Å². The first kappa shape index (κ1) is 15.0. The Morgan fingerprint density at radius 1 is 1.53 bits per heavy atom. The van der Waals surface area contributed by atoms with Gasteiger partial charge in [-0.2, -0.15) is 0 Å². The fraction of sp³-hybridized carbons (Fsp3) is 0.273. The summed E-state index contributed by atoms with van der Waals surface area (Å²) in [6.07, 6.45) is 0.528. The van der Waals surface area contributed by atoms with Crippen LogP contribution in [0.2, 0.25) is 0 Å². The number of rotatable bonds is 7. The summed E-state index contributed by atoms with van der Waals surface area (Å²) in [6.45, 7) is -0.0140. The Hall–Kier alpha value is -2.02. The molecule has 0 saturated carbocycles. The van der Waals surface area contributed by atoms with E-state index in [2.05, 4.69) is 0 Å². The van der Waals surface area contributed by atoms with E-state index in [1.807, 2.05) is 0 Å². The number of benzene rings is 1. The Bertz CT molecular complexity index is 520. The predicted octanol–water partition coefficient (Wildman–Crippen LogP) is 2.47. The molecule has 0 N–H and O–H groups in total. The average Bonchev–Trinajstić information content (AvgIpc) is 2.33. The van der Waals surface area contributed by atoms with Crippen molar-refractivity contribution in [1.29, 1.82) is 0 Å². The summed E-state index contributed by atoms with van der Waals surface area (Å²) in [6, 6.07) is 1.51. The first-order valence-corrected chi connectivity index (χ1v) is 5.57. The summed E-state index contributed by atoms with van der Waals surface area (Å²) in [4.78, 5) is 31.1. The molecule has 8 heteroatoms. The zero-order valence-corrected chi connectivity index (χ0v) is 10.4. The van der Waals surface area contributed by atoms with Gasteiger partial charge in [-0.15, -0.1) is 0 Å². The number of hydrogen-bond acceptors (Lipinski definition) is 5. The Morgan fingerprint density at radius 3 is 2.74 bits per heavy atom. The van der Waals surface area contributed by atoms with Crippen molar-refractivity contribution in [1.82, 2.24) is 0 Å². The van der Waals surface area contributed by atoms with Crippen LogP contribution in [0.4, 0.5) is 10.1 Å².